The molecule has 1 aliphatic rings. The summed E-state index contributed by atoms with van der Waals surface area (Å²) in [5, 5.41) is 0. The molecule has 1 aliphatic carbocycles. The molecule has 0 saturated heterocycles. The second-order valence-corrected chi connectivity index (χ2v) is 5.23. The lowest BCUT2D eigenvalue weighted by Gasteiger charge is -2.30. The van der Waals surface area contributed by atoms with Crippen LogP contribution in [0.15, 0.2) is 12.5 Å². The third-order valence-electron chi connectivity index (χ3n) is 4.09. The van der Waals surface area contributed by atoms with Crippen molar-refractivity contribution in [3.05, 3.63) is 18.2 Å². The highest BCUT2D eigenvalue weighted by atomic mass is 16.5. The smallest absolute Gasteiger partial charge is 0.0948 e. The Kier molecular flexibility index (Phi) is 5.20. The standard InChI is InChI=1S/C14H25N3O/c1-2-17-11-16-8-14(17)10-18-9-13-6-4-3-5-12(13)7-15/h8,11-13H,2-7,9-10,15H2,1H3. The molecule has 2 N–H and O–H groups in total. The molecule has 0 amide bonds. The summed E-state index contributed by atoms with van der Waals surface area (Å²) in [6.45, 7) is 5.39. The van der Waals surface area contributed by atoms with Crippen LogP contribution < -0.4 is 5.73 Å². The summed E-state index contributed by atoms with van der Waals surface area (Å²) in [4.78, 5) is 4.15. The zero-order valence-electron chi connectivity index (χ0n) is 11.3. The fourth-order valence-corrected chi connectivity index (χ4v) is 2.88. The molecule has 0 spiro atoms. The van der Waals surface area contributed by atoms with E-state index in [1.54, 1.807) is 0 Å². The van der Waals surface area contributed by atoms with E-state index >= 15 is 0 Å². The Labute approximate surface area is 110 Å². The lowest BCUT2D eigenvalue weighted by molar-refractivity contribution is 0.0484. The van der Waals surface area contributed by atoms with Gasteiger partial charge in [0.05, 0.1) is 31.4 Å². The normalized spacial score (nSPS) is 24.3. The van der Waals surface area contributed by atoms with E-state index in [0.717, 1.165) is 25.4 Å². The fourth-order valence-electron chi connectivity index (χ4n) is 2.88. The monoisotopic (exact) mass is 251 g/mol. The van der Waals surface area contributed by atoms with E-state index in [0.29, 0.717) is 18.4 Å². The molecular weight excluding hydrogens is 226 g/mol. The van der Waals surface area contributed by atoms with Crippen LogP contribution in [0.25, 0.3) is 0 Å². The number of ether oxygens (including phenoxy) is 1. The summed E-state index contributed by atoms with van der Waals surface area (Å²) in [5.74, 6) is 1.32. The zero-order chi connectivity index (χ0) is 12.8. The van der Waals surface area contributed by atoms with Crippen LogP contribution in [0.1, 0.15) is 38.3 Å². The lowest BCUT2D eigenvalue weighted by Crippen LogP contribution is -2.29. The van der Waals surface area contributed by atoms with Gasteiger partial charge in [0, 0.05) is 6.54 Å². The summed E-state index contributed by atoms with van der Waals surface area (Å²) >= 11 is 0. The van der Waals surface area contributed by atoms with Crippen molar-refractivity contribution in [1.82, 2.24) is 9.55 Å². The van der Waals surface area contributed by atoms with Gasteiger partial charge in [-0.05, 0) is 38.1 Å². The van der Waals surface area contributed by atoms with Gasteiger partial charge in [-0.25, -0.2) is 4.98 Å². The molecule has 18 heavy (non-hydrogen) atoms. The van der Waals surface area contributed by atoms with Gasteiger partial charge in [-0.3, -0.25) is 0 Å². The van der Waals surface area contributed by atoms with Crippen molar-refractivity contribution in [1.29, 1.82) is 0 Å². The summed E-state index contributed by atoms with van der Waals surface area (Å²) in [6.07, 6.45) is 8.97. The third-order valence-corrected chi connectivity index (χ3v) is 4.09. The Bertz CT molecular complexity index is 351. The molecule has 1 aromatic rings. The average Bonchev–Trinajstić information content (AvgIpc) is 2.87. The molecule has 1 fully saturated rings. The number of rotatable bonds is 6. The predicted molar refractivity (Wildman–Crippen MR) is 72.1 cm³/mol. The van der Waals surface area contributed by atoms with Gasteiger partial charge in [0.25, 0.3) is 0 Å². The Morgan fingerprint density at radius 2 is 2.17 bits per heavy atom. The molecule has 0 radical (unpaired) electrons. The molecule has 4 heteroatoms. The molecule has 1 saturated carbocycles. The quantitative estimate of drug-likeness (QED) is 0.843. The molecule has 1 aromatic heterocycles. The Morgan fingerprint density at radius 1 is 1.39 bits per heavy atom. The predicted octanol–water partition coefficient (Wildman–Crippen LogP) is 2.18. The van der Waals surface area contributed by atoms with Crippen LogP contribution >= 0.6 is 0 Å². The van der Waals surface area contributed by atoms with Crippen molar-refractivity contribution in [3.63, 3.8) is 0 Å². The molecule has 2 atom stereocenters. The number of imidazole rings is 1. The van der Waals surface area contributed by atoms with E-state index in [4.69, 9.17) is 10.5 Å². The first-order chi connectivity index (χ1) is 8.85. The van der Waals surface area contributed by atoms with E-state index < -0.39 is 0 Å². The van der Waals surface area contributed by atoms with Crippen LogP contribution in [-0.4, -0.2) is 22.7 Å². The minimum absolute atomic E-state index is 0.654. The first-order valence-electron chi connectivity index (χ1n) is 7.12. The van der Waals surface area contributed by atoms with Crippen LogP contribution in [0.3, 0.4) is 0 Å². The molecular formula is C14H25N3O. The van der Waals surface area contributed by atoms with E-state index in [9.17, 15) is 0 Å². The maximum Gasteiger partial charge on any atom is 0.0948 e. The second kappa shape index (κ2) is 6.90. The van der Waals surface area contributed by atoms with Crippen molar-refractivity contribution in [2.24, 2.45) is 17.6 Å². The largest absolute Gasteiger partial charge is 0.375 e. The average molecular weight is 251 g/mol. The topological polar surface area (TPSA) is 53.1 Å². The van der Waals surface area contributed by atoms with Crippen molar-refractivity contribution in [2.75, 3.05) is 13.2 Å². The van der Waals surface area contributed by atoms with Crippen molar-refractivity contribution in [2.45, 2.75) is 45.8 Å². The van der Waals surface area contributed by atoms with E-state index in [1.165, 1.54) is 25.7 Å². The van der Waals surface area contributed by atoms with Gasteiger partial charge >= 0.3 is 0 Å². The van der Waals surface area contributed by atoms with Gasteiger partial charge in [-0.15, -0.1) is 0 Å². The number of aryl methyl sites for hydroxylation is 1. The maximum atomic E-state index is 5.88. The van der Waals surface area contributed by atoms with Gasteiger partial charge in [0.15, 0.2) is 0 Å². The number of hydrogen-bond acceptors (Lipinski definition) is 3. The Balaban J connectivity index is 1.77. The summed E-state index contributed by atoms with van der Waals surface area (Å²) in [7, 11) is 0. The van der Waals surface area contributed by atoms with E-state index in [1.807, 2.05) is 12.5 Å². The molecule has 1 heterocycles. The van der Waals surface area contributed by atoms with Crippen LogP contribution in [0.4, 0.5) is 0 Å². The minimum Gasteiger partial charge on any atom is -0.375 e. The van der Waals surface area contributed by atoms with Gasteiger partial charge in [0.2, 0.25) is 0 Å². The molecule has 4 nitrogen and oxygen atoms in total. The van der Waals surface area contributed by atoms with Crippen molar-refractivity contribution in [3.8, 4) is 0 Å². The number of nitrogens with two attached hydrogens (primary N) is 1. The summed E-state index contributed by atoms with van der Waals surface area (Å²) < 4.78 is 8.00. The Morgan fingerprint density at radius 3 is 2.89 bits per heavy atom. The SMILES string of the molecule is CCn1cncc1COCC1CCCCC1CN. The third kappa shape index (κ3) is 3.33. The van der Waals surface area contributed by atoms with Gasteiger partial charge in [-0.2, -0.15) is 0 Å². The number of aromatic nitrogens is 2. The summed E-state index contributed by atoms with van der Waals surface area (Å²) in [5.41, 5.74) is 7.00. The second-order valence-electron chi connectivity index (χ2n) is 5.23. The highest BCUT2D eigenvalue weighted by Gasteiger charge is 2.23. The highest BCUT2D eigenvalue weighted by molar-refractivity contribution is 4.96. The van der Waals surface area contributed by atoms with Crippen LogP contribution in [0.5, 0.6) is 0 Å². The number of hydrogen-bond donors (Lipinski definition) is 1. The van der Waals surface area contributed by atoms with Crippen LogP contribution in [0, 0.1) is 11.8 Å². The number of nitrogens with zero attached hydrogens (tertiary/aromatic N) is 2. The fraction of sp³-hybridized carbons (Fsp3) is 0.786. The lowest BCUT2D eigenvalue weighted by atomic mass is 9.80. The first kappa shape index (κ1) is 13.6. The van der Waals surface area contributed by atoms with E-state index in [-0.39, 0.29) is 0 Å². The van der Waals surface area contributed by atoms with Gasteiger partial charge in [-0.1, -0.05) is 12.8 Å². The van der Waals surface area contributed by atoms with Gasteiger partial charge in [0.1, 0.15) is 0 Å². The maximum absolute atomic E-state index is 5.88. The van der Waals surface area contributed by atoms with Crippen molar-refractivity contribution < 1.29 is 4.74 Å². The summed E-state index contributed by atoms with van der Waals surface area (Å²) in [6, 6.07) is 0. The van der Waals surface area contributed by atoms with Gasteiger partial charge < -0.3 is 15.0 Å². The molecule has 102 valence electrons. The van der Waals surface area contributed by atoms with Crippen molar-refractivity contribution >= 4 is 0 Å². The van der Waals surface area contributed by atoms with Crippen LogP contribution in [-0.2, 0) is 17.9 Å². The molecule has 0 bridgehead atoms. The van der Waals surface area contributed by atoms with Crippen LogP contribution in [0.2, 0.25) is 0 Å². The minimum atomic E-state index is 0.654. The molecule has 2 rings (SSSR count). The highest BCUT2D eigenvalue weighted by Crippen LogP contribution is 2.29. The molecule has 0 aromatic carbocycles. The molecule has 2 unspecified atom stereocenters. The first-order valence-corrected chi connectivity index (χ1v) is 7.12. The van der Waals surface area contributed by atoms with E-state index in [2.05, 4.69) is 16.5 Å². The Hall–Kier alpha value is -0.870. The zero-order valence-corrected chi connectivity index (χ0v) is 11.3. The molecule has 0 aliphatic heterocycles.